The number of carbonyl (C=O) groups excluding carboxylic acids is 2. The molecule has 1 unspecified atom stereocenters. The second-order valence-corrected chi connectivity index (χ2v) is 4.87. The number of likely N-dealkylation sites (N-methyl/N-ethyl adjacent to an activating group) is 1. The van der Waals surface area contributed by atoms with E-state index in [0.29, 0.717) is 13.1 Å². The molecule has 2 N–H and O–H groups in total. The van der Waals surface area contributed by atoms with Gasteiger partial charge in [-0.05, 0) is 32.7 Å². The van der Waals surface area contributed by atoms with Gasteiger partial charge in [0.15, 0.2) is 0 Å². The highest BCUT2D eigenvalue weighted by Crippen LogP contribution is 2.28. The van der Waals surface area contributed by atoms with Crippen molar-refractivity contribution in [1.29, 1.82) is 0 Å². The Balaban J connectivity index is 1.70. The number of likely N-dealkylation sites (tertiary alicyclic amines) is 1. The van der Waals surface area contributed by atoms with E-state index >= 15 is 0 Å². The first-order valence-electron chi connectivity index (χ1n) is 6.46. The number of rotatable bonds is 5. The third-order valence-electron chi connectivity index (χ3n) is 3.51. The molecule has 2 aliphatic rings. The van der Waals surface area contributed by atoms with Crippen LogP contribution in [0.3, 0.4) is 0 Å². The first-order chi connectivity index (χ1) is 8.22. The smallest absolute Gasteiger partial charge is 0.239 e. The first-order valence-corrected chi connectivity index (χ1v) is 6.46. The predicted molar refractivity (Wildman–Crippen MR) is 64.4 cm³/mol. The molecule has 1 atom stereocenters. The minimum absolute atomic E-state index is 0.0390. The van der Waals surface area contributed by atoms with Gasteiger partial charge in [0.25, 0.3) is 0 Å². The summed E-state index contributed by atoms with van der Waals surface area (Å²) in [5.41, 5.74) is 0. The molecular formula is C12H21N3O2. The summed E-state index contributed by atoms with van der Waals surface area (Å²) in [5, 5.41) is 5.92. The summed E-state index contributed by atoms with van der Waals surface area (Å²) in [6, 6.07) is -0.0390. The Kier molecular flexibility index (Phi) is 3.99. The molecule has 0 bridgehead atoms. The molecule has 1 aliphatic carbocycles. The van der Waals surface area contributed by atoms with Crippen molar-refractivity contribution in [1.82, 2.24) is 15.5 Å². The lowest BCUT2D eigenvalue weighted by Gasteiger charge is -2.32. The fraction of sp³-hybridized carbons (Fsp3) is 0.833. The first kappa shape index (κ1) is 12.4. The zero-order chi connectivity index (χ0) is 12.3. The van der Waals surface area contributed by atoms with Gasteiger partial charge in [-0.25, -0.2) is 0 Å². The molecule has 2 rings (SSSR count). The number of nitrogens with zero attached hydrogens (tertiary/aromatic N) is 1. The van der Waals surface area contributed by atoms with Crippen molar-refractivity contribution >= 4 is 11.8 Å². The molecule has 0 aromatic heterocycles. The fourth-order valence-electron chi connectivity index (χ4n) is 2.23. The van der Waals surface area contributed by atoms with Crippen LogP contribution >= 0.6 is 0 Å². The van der Waals surface area contributed by atoms with Gasteiger partial charge in [0.1, 0.15) is 0 Å². The molecule has 1 saturated heterocycles. The summed E-state index contributed by atoms with van der Waals surface area (Å²) in [6.45, 7) is 2.03. The number of amides is 2. The third kappa shape index (κ3) is 3.19. The number of hydrogen-bond donors (Lipinski definition) is 2. The quantitative estimate of drug-likeness (QED) is 0.694. The van der Waals surface area contributed by atoms with Crippen LogP contribution in [0, 0.1) is 5.92 Å². The summed E-state index contributed by atoms with van der Waals surface area (Å²) in [6.07, 6.45) is 4.00. The molecule has 1 heterocycles. The van der Waals surface area contributed by atoms with Crippen LogP contribution in [0.5, 0.6) is 0 Å². The molecule has 0 spiro atoms. The largest absolute Gasteiger partial charge is 0.354 e. The maximum absolute atomic E-state index is 11.9. The predicted octanol–water partition coefficient (Wildman–Crippen LogP) is -0.277. The van der Waals surface area contributed by atoms with Crippen LogP contribution < -0.4 is 10.6 Å². The molecule has 1 aliphatic heterocycles. The summed E-state index contributed by atoms with van der Waals surface area (Å²) in [5.74, 6) is 0.566. The molecule has 0 aromatic rings. The number of hydrogen-bond acceptors (Lipinski definition) is 3. The monoisotopic (exact) mass is 239 g/mol. The number of carbonyl (C=O) groups is 2. The average Bonchev–Trinajstić information content (AvgIpc) is 3.15. The van der Waals surface area contributed by atoms with Gasteiger partial charge >= 0.3 is 0 Å². The van der Waals surface area contributed by atoms with Gasteiger partial charge in [0.05, 0.1) is 6.04 Å². The van der Waals surface area contributed by atoms with Gasteiger partial charge in [-0.1, -0.05) is 0 Å². The lowest BCUT2D eigenvalue weighted by molar-refractivity contribution is -0.136. The fourth-order valence-corrected chi connectivity index (χ4v) is 2.23. The lowest BCUT2D eigenvalue weighted by Crippen LogP contribution is -2.51. The van der Waals surface area contributed by atoms with Crippen molar-refractivity contribution < 1.29 is 9.59 Å². The topological polar surface area (TPSA) is 61.4 Å². The lowest BCUT2D eigenvalue weighted by atomic mass is 10.1. The van der Waals surface area contributed by atoms with Crippen molar-refractivity contribution in [3.05, 3.63) is 0 Å². The zero-order valence-corrected chi connectivity index (χ0v) is 10.4. The molecule has 2 fully saturated rings. The van der Waals surface area contributed by atoms with E-state index in [4.69, 9.17) is 0 Å². The van der Waals surface area contributed by atoms with Gasteiger partial charge in [-0.2, -0.15) is 0 Å². The Hall–Kier alpha value is -1.10. The second kappa shape index (κ2) is 5.49. The van der Waals surface area contributed by atoms with Crippen LogP contribution in [0.25, 0.3) is 0 Å². The minimum atomic E-state index is -0.0390. The van der Waals surface area contributed by atoms with Crippen LogP contribution in [0.15, 0.2) is 0 Å². The Morgan fingerprint density at radius 2 is 2.18 bits per heavy atom. The van der Waals surface area contributed by atoms with E-state index in [9.17, 15) is 9.59 Å². The zero-order valence-electron chi connectivity index (χ0n) is 10.4. The molecule has 1 saturated carbocycles. The van der Waals surface area contributed by atoms with Gasteiger partial charge in [0, 0.05) is 25.6 Å². The van der Waals surface area contributed by atoms with Gasteiger partial charge in [-0.3, -0.25) is 9.59 Å². The summed E-state index contributed by atoms with van der Waals surface area (Å²) in [7, 11) is 1.82. The summed E-state index contributed by atoms with van der Waals surface area (Å²) >= 11 is 0. The van der Waals surface area contributed by atoms with Crippen molar-refractivity contribution in [2.24, 2.45) is 5.92 Å². The Labute approximate surface area is 102 Å². The van der Waals surface area contributed by atoms with E-state index in [-0.39, 0.29) is 23.8 Å². The Bertz CT molecular complexity index is 302. The minimum Gasteiger partial charge on any atom is -0.354 e. The Morgan fingerprint density at radius 3 is 2.82 bits per heavy atom. The average molecular weight is 239 g/mol. The number of nitrogens with one attached hydrogen (secondary N) is 2. The van der Waals surface area contributed by atoms with E-state index in [0.717, 1.165) is 32.2 Å². The molecule has 0 aromatic carbocycles. The van der Waals surface area contributed by atoms with E-state index in [2.05, 4.69) is 10.6 Å². The highest BCUT2D eigenvalue weighted by Gasteiger charge is 2.30. The van der Waals surface area contributed by atoms with Crippen molar-refractivity contribution in [2.45, 2.75) is 31.7 Å². The maximum Gasteiger partial charge on any atom is 0.239 e. The SMILES string of the molecule is CNC1CCCN(CCNC(=O)C2CC2)C1=O. The maximum atomic E-state index is 11.9. The normalized spacial score (nSPS) is 24.9. The van der Waals surface area contributed by atoms with Crippen molar-refractivity contribution in [3.63, 3.8) is 0 Å². The molecule has 2 amide bonds. The van der Waals surface area contributed by atoms with Crippen LogP contribution in [0.2, 0.25) is 0 Å². The molecule has 17 heavy (non-hydrogen) atoms. The van der Waals surface area contributed by atoms with E-state index in [1.165, 1.54) is 0 Å². The third-order valence-corrected chi connectivity index (χ3v) is 3.51. The van der Waals surface area contributed by atoms with Gasteiger partial charge in [-0.15, -0.1) is 0 Å². The number of piperidine rings is 1. The standard InChI is InChI=1S/C12H21N3O2/c1-13-10-3-2-7-15(12(10)17)8-6-14-11(16)9-4-5-9/h9-10,13H,2-8H2,1H3,(H,14,16). The van der Waals surface area contributed by atoms with Crippen LogP contribution in [0.4, 0.5) is 0 Å². The van der Waals surface area contributed by atoms with Crippen LogP contribution in [-0.4, -0.2) is 49.4 Å². The van der Waals surface area contributed by atoms with E-state index < -0.39 is 0 Å². The summed E-state index contributed by atoms with van der Waals surface area (Å²) in [4.78, 5) is 25.2. The van der Waals surface area contributed by atoms with E-state index in [1.54, 1.807) is 0 Å². The summed E-state index contributed by atoms with van der Waals surface area (Å²) < 4.78 is 0. The van der Waals surface area contributed by atoms with Crippen molar-refractivity contribution in [2.75, 3.05) is 26.7 Å². The highest BCUT2D eigenvalue weighted by atomic mass is 16.2. The molecule has 96 valence electrons. The molecule has 5 heteroatoms. The molecule has 0 radical (unpaired) electrons. The Morgan fingerprint density at radius 1 is 1.41 bits per heavy atom. The van der Waals surface area contributed by atoms with Gasteiger partial charge < -0.3 is 15.5 Å². The molecule has 5 nitrogen and oxygen atoms in total. The van der Waals surface area contributed by atoms with Crippen molar-refractivity contribution in [3.8, 4) is 0 Å². The van der Waals surface area contributed by atoms with E-state index in [1.807, 2.05) is 11.9 Å². The second-order valence-electron chi connectivity index (χ2n) is 4.87. The molecular weight excluding hydrogens is 218 g/mol. The van der Waals surface area contributed by atoms with Crippen LogP contribution in [-0.2, 0) is 9.59 Å². The van der Waals surface area contributed by atoms with Gasteiger partial charge in [0.2, 0.25) is 11.8 Å². The highest BCUT2D eigenvalue weighted by molar-refractivity contribution is 5.83. The van der Waals surface area contributed by atoms with Crippen LogP contribution in [0.1, 0.15) is 25.7 Å².